The van der Waals surface area contributed by atoms with Crippen LogP contribution in [0.2, 0.25) is 0 Å². The lowest BCUT2D eigenvalue weighted by Gasteiger charge is -2.43. The first kappa shape index (κ1) is 19.5. The van der Waals surface area contributed by atoms with Gasteiger partial charge in [-0.2, -0.15) is 0 Å². The predicted octanol–water partition coefficient (Wildman–Crippen LogP) is 3.50. The number of rotatable bonds is 4. The van der Waals surface area contributed by atoms with Crippen LogP contribution < -0.4 is 10.2 Å². The van der Waals surface area contributed by atoms with Crippen molar-refractivity contribution in [2.75, 3.05) is 43.1 Å². The molecule has 0 amide bonds. The van der Waals surface area contributed by atoms with E-state index in [2.05, 4.69) is 44.5 Å². The van der Waals surface area contributed by atoms with Gasteiger partial charge in [-0.15, -0.1) is 0 Å². The molecule has 5 heterocycles. The molecule has 4 aromatic rings. The van der Waals surface area contributed by atoms with E-state index in [1.807, 2.05) is 18.3 Å². The summed E-state index contributed by atoms with van der Waals surface area (Å²) in [6.45, 7) is 4.56. The normalized spacial score (nSPS) is 18.4. The molecule has 1 spiro atoms. The number of anilines is 2. The number of fused-ring (bicyclic) bond motifs is 2. The standard InChI is InChI=1S/C24H26N6O2/c1-2-18-5-8-25-20(18)13-17(1)14-27-21-15-26-19-3-4-22(29-23(19)28-21)30-9-6-24(7-10-30)16-31-11-12-32-24/h1-5,8,13,15,25H,6-7,9-12,14,16H2,(H,27,28,29). The lowest BCUT2D eigenvalue weighted by Crippen LogP contribution is -2.51. The Morgan fingerprint density at radius 3 is 2.88 bits per heavy atom. The smallest absolute Gasteiger partial charge is 0.182 e. The molecule has 8 nitrogen and oxygen atoms in total. The Morgan fingerprint density at radius 2 is 2.00 bits per heavy atom. The molecule has 8 heteroatoms. The van der Waals surface area contributed by atoms with Crippen LogP contribution in [-0.4, -0.2) is 58.4 Å². The van der Waals surface area contributed by atoms with Gasteiger partial charge in [-0.3, -0.25) is 0 Å². The molecule has 2 aliphatic heterocycles. The van der Waals surface area contributed by atoms with Crippen LogP contribution in [0.5, 0.6) is 0 Å². The van der Waals surface area contributed by atoms with E-state index >= 15 is 0 Å². The zero-order chi connectivity index (χ0) is 21.4. The van der Waals surface area contributed by atoms with E-state index < -0.39 is 0 Å². The molecule has 32 heavy (non-hydrogen) atoms. The highest BCUT2D eigenvalue weighted by Crippen LogP contribution is 2.31. The van der Waals surface area contributed by atoms with Crippen molar-refractivity contribution >= 4 is 33.7 Å². The molecule has 1 aromatic carbocycles. The SMILES string of the molecule is c1cc2ccc(CNc3cnc4ccc(N5CCC6(CC5)COCCO6)nc4n3)cc2[nH]1. The van der Waals surface area contributed by atoms with E-state index in [9.17, 15) is 0 Å². The summed E-state index contributed by atoms with van der Waals surface area (Å²) in [6.07, 6.45) is 5.62. The fraction of sp³-hybridized carbons (Fsp3) is 0.375. The number of aromatic amines is 1. The summed E-state index contributed by atoms with van der Waals surface area (Å²) < 4.78 is 11.7. The summed E-state index contributed by atoms with van der Waals surface area (Å²) in [5, 5.41) is 4.59. The second-order valence-electron chi connectivity index (χ2n) is 8.59. The van der Waals surface area contributed by atoms with Gasteiger partial charge in [0.15, 0.2) is 5.65 Å². The lowest BCUT2D eigenvalue weighted by atomic mass is 9.91. The van der Waals surface area contributed by atoms with Gasteiger partial charge in [-0.1, -0.05) is 12.1 Å². The molecule has 2 aliphatic rings. The molecule has 0 atom stereocenters. The first-order valence-corrected chi connectivity index (χ1v) is 11.2. The lowest BCUT2D eigenvalue weighted by molar-refractivity contribution is -0.165. The Morgan fingerprint density at radius 1 is 1.06 bits per heavy atom. The number of pyridine rings is 1. The Hall–Kier alpha value is -3.23. The molecule has 2 saturated heterocycles. The van der Waals surface area contributed by atoms with E-state index in [4.69, 9.17) is 19.4 Å². The van der Waals surface area contributed by atoms with Crippen LogP contribution in [0.4, 0.5) is 11.6 Å². The van der Waals surface area contributed by atoms with Gasteiger partial charge in [-0.05, 0) is 48.1 Å². The van der Waals surface area contributed by atoms with Gasteiger partial charge in [0.25, 0.3) is 0 Å². The number of nitrogens with one attached hydrogen (secondary N) is 2. The number of piperidine rings is 1. The van der Waals surface area contributed by atoms with Crippen molar-refractivity contribution in [1.29, 1.82) is 0 Å². The number of hydrogen-bond donors (Lipinski definition) is 2. The third-order valence-electron chi connectivity index (χ3n) is 6.48. The van der Waals surface area contributed by atoms with Gasteiger partial charge in [-0.25, -0.2) is 15.0 Å². The zero-order valence-corrected chi connectivity index (χ0v) is 17.9. The number of hydrogen-bond acceptors (Lipinski definition) is 7. The molecule has 0 aliphatic carbocycles. The van der Waals surface area contributed by atoms with Crippen molar-refractivity contribution in [1.82, 2.24) is 19.9 Å². The van der Waals surface area contributed by atoms with Crippen molar-refractivity contribution in [2.24, 2.45) is 0 Å². The van der Waals surface area contributed by atoms with Crippen molar-refractivity contribution < 1.29 is 9.47 Å². The van der Waals surface area contributed by atoms with Crippen molar-refractivity contribution in [3.63, 3.8) is 0 Å². The highest BCUT2D eigenvalue weighted by molar-refractivity contribution is 5.80. The van der Waals surface area contributed by atoms with Crippen LogP contribution in [0.3, 0.4) is 0 Å². The quantitative estimate of drug-likeness (QED) is 0.512. The molecule has 0 bridgehead atoms. The van der Waals surface area contributed by atoms with Crippen molar-refractivity contribution in [2.45, 2.75) is 25.0 Å². The zero-order valence-electron chi connectivity index (χ0n) is 17.9. The molecule has 0 unspecified atom stereocenters. The summed E-state index contributed by atoms with van der Waals surface area (Å²) in [5.74, 6) is 1.66. The molecular formula is C24H26N6O2. The topological polar surface area (TPSA) is 88.2 Å². The van der Waals surface area contributed by atoms with Crippen LogP contribution >= 0.6 is 0 Å². The number of ether oxygens (including phenoxy) is 2. The summed E-state index contributed by atoms with van der Waals surface area (Å²) in [4.78, 5) is 19.6. The van der Waals surface area contributed by atoms with E-state index in [0.29, 0.717) is 32.0 Å². The fourth-order valence-electron chi connectivity index (χ4n) is 4.60. The monoisotopic (exact) mass is 430 g/mol. The van der Waals surface area contributed by atoms with Gasteiger partial charge in [0.2, 0.25) is 0 Å². The summed E-state index contributed by atoms with van der Waals surface area (Å²) in [6, 6.07) is 12.5. The van der Waals surface area contributed by atoms with E-state index in [-0.39, 0.29) is 5.60 Å². The molecule has 164 valence electrons. The van der Waals surface area contributed by atoms with Crippen LogP contribution in [0.15, 0.2) is 48.8 Å². The number of aromatic nitrogens is 4. The van der Waals surface area contributed by atoms with Crippen LogP contribution in [0.25, 0.3) is 22.1 Å². The average Bonchev–Trinajstić information content (AvgIpc) is 3.31. The van der Waals surface area contributed by atoms with E-state index in [0.717, 1.165) is 48.6 Å². The van der Waals surface area contributed by atoms with Crippen LogP contribution in [-0.2, 0) is 16.0 Å². The third-order valence-corrected chi connectivity index (χ3v) is 6.48. The van der Waals surface area contributed by atoms with Gasteiger partial charge < -0.3 is 24.7 Å². The minimum Gasteiger partial charge on any atom is -0.376 e. The Balaban J connectivity index is 1.16. The minimum atomic E-state index is -0.119. The van der Waals surface area contributed by atoms with Crippen LogP contribution in [0, 0.1) is 0 Å². The molecule has 3 aromatic heterocycles. The van der Waals surface area contributed by atoms with E-state index in [1.165, 1.54) is 10.9 Å². The Kier molecular flexibility index (Phi) is 4.88. The summed E-state index contributed by atoms with van der Waals surface area (Å²) >= 11 is 0. The second-order valence-corrected chi connectivity index (χ2v) is 8.59. The maximum Gasteiger partial charge on any atom is 0.182 e. The van der Waals surface area contributed by atoms with Gasteiger partial charge in [0.05, 0.1) is 31.6 Å². The highest BCUT2D eigenvalue weighted by atomic mass is 16.6. The van der Waals surface area contributed by atoms with Crippen molar-refractivity contribution in [3.8, 4) is 0 Å². The third kappa shape index (κ3) is 3.76. The summed E-state index contributed by atoms with van der Waals surface area (Å²) in [7, 11) is 0. The largest absolute Gasteiger partial charge is 0.376 e. The maximum atomic E-state index is 6.05. The highest BCUT2D eigenvalue weighted by Gasteiger charge is 2.38. The van der Waals surface area contributed by atoms with Crippen molar-refractivity contribution in [3.05, 3.63) is 54.4 Å². The van der Waals surface area contributed by atoms with Crippen LogP contribution in [0.1, 0.15) is 18.4 Å². The molecule has 0 saturated carbocycles. The molecular weight excluding hydrogens is 404 g/mol. The molecule has 2 fully saturated rings. The van der Waals surface area contributed by atoms with Gasteiger partial charge in [0, 0.05) is 31.3 Å². The maximum absolute atomic E-state index is 6.05. The second kappa shape index (κ2) is 8.03. The molecule has 6 rings (SSSR count). The number of nitrogens with zero attached hydrogens (tertiary/aromatic N) is 4. The Labute approximate surface area is 186 Å². The van der Waals surface area contributed by atoms with Gasteiger partial charge in [0.1, 0.15) is 17.2 Å². The first-order chi connectivity index (χ1) is 15.8. The fourth-order valence-corrected chi connectivity index (χ4v) is 4.60. The van der Waals surface area contributed by atoms with E-state index in [1.54, 1.807) is 6.20 Å². The summed E-state index contributed by atoms with van der Waals surface area (Å²) in [5.41, 5.74) is 3.65. The minimum absolute atomic E-state index is 0.119. The molecule has 0 radical (unpaired) electrons. The number of benzene rings is 1. The van der Waals surface area contributed by atoms with Gasteiger partial charge >= 0.3 is 0 Å². The number of H-pyrrole nitrogens is 1. The average molecular weight is 431 g/mol. The predicted molar refractivity (Wildman–Crippen MR) is 124 cm³/mol. The Bertz CT molecular complexity index is 1240. The first-order valence-electron chi connectivity index (χ1n) is 11.2. The molecule has 2 N–H and O–H groups in total.